The average Bonchev–Trinajstić information content (AvgIpc) is 2.38. The number of hydrogen-bond donors (Lipinski definition) is 0. The van der Waals surface area contributed by atoms with Gasteiger partial charge in [-0.2, -0.15) is 0 Å². The first kappa shape index (κ1) is 11.9. The summed E-state index contributed by atoms with van der Waals surface area (Å²) in [4.78, 5) is 10.9. The van der Waals surface area contributed by atoms with E-state index < -0.39 is 0 Å². The molecule has 0 fully saturated rings. The van der Waals surface area contributed by atoms with Crippen molar-refractivity contribution >= 4 is 16.9 Å². The fourth-order valence-corrected chi connectivity index (χ4v) is 2.17. The molecule has 0 radical (unpaired) electrons. The summed E-state index contributed by atoms with van der Waals surface area (Å²) in [5.74, 6) is 0.754. The number of thioether (sulfide) groups is 1. The second kappa shape index (κ2) is 5.69. The van der Waals surface area contributed by atoms with E-state index in [1.165, 1.54) is 28.5 Å². The molecule has 0 bridgehead atoms. The smallest absolute Gasteiger partial charge is 0.186 e. The Morgan fingerprint density at radius 3 is 2.12 bits per heavy atom. The van der Waals surface area contributed by atoms with Crippen LogP contribution in [-0.2, 0) is 10.5 Å². The molecule has 0 unspecified atom stereocenters. The molecule has 2 heteroatoms. The lowest BCUT2D eigenvalue weighted by Gasteiger charge is -2.03. The zero-order valence-electron chi connectivity index (χ0n) is 9.72. The minimum absolute atomic E-state index is 0.164. The summed E-state index contributed by atoms with van der Waals surface area (Å²) in [5.41, 5.74) is 3.62. The highest BCUT2D eigenvalue weighted by Crippen LogP contribution is 2.21. The molecule has 0 spiro atoms. The van der Waals surface area contributed by atoms with Gasteiger partial charge in [-0.1, -0.05) is 66.4 Å². The van der Waals surface area contributed by atoms with Crippen molar-refractivity contribution in [1.29, 1.82) is 0 Å². The molecular weight excluding hydrogens is 228 g/mol. The van der Waals surface area contributed by atoms with Gasteiger partial charge in [-0.05, 0) is 16.7 Å². The van der Waals surface area contributed by atoms with Crippen molar-refractivity contribution in [3.05, 3.63) is 60.2 Å². The van der Waals surface area contributed by atoms with Crippen LogP contribution in [0.25, 0.3) is 11.1 Å². The van der Waals surface area contributed by atoms with Crippen LogP contribution in [-0.4, -0.2) is 5.12 Å². The maximum absolute atomic E-state index is 10.9. The fraction of sp³-hybridized carbons (Fsp3) is 0.133. The normalized spacial score (nSPS) is 10.2. The van der Waals surface area contributed by atoms with Gasteiger partial charge in [0.15, 0.2) is 5.12 Å². The number of carbonyl (C=O) groups is 1. The van der Waals surface area contributed by atoms with Crippen molar-refractivity contribution in [2.75, 3.05) is 0 Å². The average molecular weight is 242 g/mol. The first-order chi connectivity index (χ1) is 8.25. The van der Waals surface area contributed by atoms with Gasteiger partial charge in [0.25, 0.3) is 0 Å². The minimum Gasteiger partial charge on any atom is -0.288 e. The van der Waals surface area contributed by atoms with Crippen molar-refractivity contribution in [3.63, 3.8) is 0 Å². The van der Waals surface area contributed by atoms with Gasteiger partial charge in [-0.3, -0.25) is 4.79 Å². The summed E-state index contributed by atoms with van der Waals surface area (Å²) >= 11 is 1.35. The quantitative estimate of drug-likeness (QED) is 0.805. The van der Waals surface area contributed by atoms with Gasteiger partial charge in [-0.15, -0.1) is 0 Å². The zero-order chi connectivity index (χ0) is 12.1. The lowest BCUT2D eigenvalue weighted by Crippen LogP contribution is -1.86. The maximum Gasteiger partial charge on any atom is 0.186 e. The lowest BCUT2D eigenvalue weighted by atomic mass is 10.0. The summed E-state index contributed by atoms with van der Waals surface area (Å²) in [6, 6.07) is 18.6. The molecule has 0 saturated carbocycles. The molecule has 0 aromatic heterocycles. The Balaban J connectivity index is 2.11. The Hall–Kier alpha value is -1.54. The van der Waals surface area contributed by atoms with Crippen molar-refractivity contribution in [3.8, 4) is 11.1 Å². The van der Waals surface area contributed by atoms with Crippen LogP contribution >= 0.6 is 11.8 Å². The lowest BCUT2D eigenvalue weighted by molar-refractivity contribution is -0.109. The molecule has 0 aliphatic heterocycles. The third-order valence-electron chi connectivity index (χ3n) is 2.50. The predicted octanol–water partition coefficient (Wildman–Crippen LogP) is 4.13. The Labute approximate surface area is 106 Å². The van der Waals surface area contributed by atoms with Crippen LogP contribution in [0.1, 0.15) is 12.5 Å². The molecule has 2 rings (SSSR count). The highest BCUT2D eigenvalue weighted by atomic mass is 32.2. The summed E-state index contributed by atoms with van der Waals surface area (Å²) in [7, 11) is 0. The van der Waals surface area contributed by atoms with Crippen LogP contribution in [0.4, 0.5) is 0 Å². The molecule has 0 heterocycles. The van der Waals surface area contributed by atoms with Gasteiger partial charge in [0.05, 0.1) is 0 Å². The SMILES string of the molecule is CC(=O)SCc1ccc(-c2ccccc2)cc1. The molecule has 0 saturated heterocycles. The van der Waals surface area contributed by atoms with Crippen molar-refractivity contribution < 1.29 is 4.79 Å². The van der Waals surface area contributed by atoms with Gasteiger partial charge < -0.3 is 0 Å². The number of carbonyl (C=O) groups excluding carboxylic acids is 1. The van der Waals surface area contributed by atoms with E-state index in [1.54, 1.807) is 6.92 Å². The predicted molar refractivity (Wildman–Crippen MR) is 73.9 cm³/mol. The number of hydrogen-bond acceptors (Lipinski definition) is 2. The molecule has 2 aromatic rings. The first-order valence-corrected chi connectivity index (χ1v) is 6.52. The van der Waals surface area contributed by atoms with E-state index in [0.717, 1.165) is 5.75 Å². The topological polar surface area (TPSA) is 17.1 Å². The molecule has 17 heavy (non-hydrogen) atoms. The van der Waals surface area contributed by atoms with Crippen molar-refractivity contribution in [1.82, 2.24) is 0 Å². The van der Waals surface area contributed by atoms with Crippen LogP contribution in [0.5, 0.6) is 0 Å². The second-order valence-electron chi connectivity index (χ2n) is 3.84. The summed E-state index contributed by atoms with van der Waals surface area (Å²) < 4.78 is 0. The van der Waals surface area contributed by atoms with Crippen LogP contribution in [0.2, 0.25) is 0 Å². The van der Waals surface area contributed by atoms with E-state index in [1.807, 2.05) is 18.2 Å². The minimum atomic E-state index is 0.164. The van der Waals surface area contributed by atoms with Gasteiger partial charge in [-0.25, -0.2) is 0 Å². The van der Waals surface area contributed by atoms with E-state index in [0.29, 0.717) is 0 Å². The second-order valence-corrected chi connectivity index (χ2v) is 5.00. The number of rotatable bonds is 3. The van der Waals surface area contributed by atoms with Gasteiger partial charge in [0, 0.05) is 12.7 Å². The first-order valence-electron chi connectivity index (χ1n) is 5.53. The Bertz CT molecular complexity index is 488. The zero-order valence-corrected chi connectivity index (χ0v) is 10.5. The summed E-state index contributed by atoms with van der Waals surface area (Å²) in [6.07, 6.45) is 0. The van der Waals surface area contributed by atoms with E-state index in [9.17, 15) is 4.79 Å². The van der Waals surface area contributed by atoms with Crippen LogP contribution in [0.3, 0.4) is 0 Å². The largest absolute Gasteiger partial charge is 0.288 e. The standard InChI is InChI=1S/C15H14OS/c1-12(16)17-11-13-7-9-15(10-8-13)14-5-3-2-4-6-14/h2-10H,11H2,1H3. The van der Waals surface area contributed by atoms with Crippen molar-refractivity contribution in [2.45, 2.75) is 12.7 Å². The Morgan fingerprint density at radius 2 is 1.53 bits per heavy atom. The van der Waals surface area contributed by atoms with Gasteiger partial charge in [0.2, 0.25) is 0 Å². The van der Waals surface area contributed by atoms with E-state index in [-0.39, 0.29) is 5.12 Å². The van der Waals surface area contributed by atoms with Crippen molar-refractivity contribution in [2.24, 2.45) is 0 Å². The molecule has 0 aliphatic carbocycles. The highest BCUT2D eigenvalue weighted by Gasteiger charge is 1.99. The van der Waals surface area contributed by atoms with E-state index in [2.05, 4.69) is 36.4 Å². The molecule has 0 atom stereocenters. The Morgan fingerprint density at radius 1 is 0.941 bits per heavy atom. The monoisotopic (exact) mass is 242 g/mol. The molecule has 86 valence electrons. The van der Waals surface area contributed by atoms with Crippen LogP contribution in [0, 0.1) is 0 Å². The van der Waals surface area contributed by atoms with Gasteiger partial charge >= 0.3 is 0 Å². The molecule has 0 aliphatic rings. The summed E-state index contributed by atoms with van der Waals surface area (Å²) in [6.45, 7) is 1.60. The molecule has 0 amide bonds. The third kappa shape index (κ3) is 3.46. The Kier molecular flexibility index (Phi) is 3.99. The number of benzene rings is 2. The van der Waals surface area contributed by atoms with E-state index in [4.69, 9.17) is 0 Å². The molecular formula is C15H14OS. The molecule has 0 N–H and O–H groups in total. The molecule has 1 nitrogen and oxygen atoms in total. The summed E-state index contributed by atoms with van der Waals surface area (Å²) in [5, 5.41) is 0.164. The van der Waals surface area contributed by atoms with Crippen LogP contribution in [0.15, 0.2) is 54.6 Å². The van der Waals surface area contributed by atoms with Gasteiger partial charge in [0.1, 0.15) is 0 Å². The fourth-order valence-electron chi connectivity index (χ4n) is 1.61. The third-order valence-corrected chi connectivity index (χ3v) is 3.39. The highest BCUT2D eigenvalue weighted by molar-refractivity contribution is 8.12. The molecule has 2 aromatic carbocycles. The van der Waals surface area contributed by atoms with E-state index >= 15 is 0 Å². The maximum atomic E-state index is 10.9. The van der Waals surface area contributed by atoms with Crippen LogP contribution < -0.4 is 0 Å².